The van der Waals surface area contributed by atoms with E-state index in [4.69, 9.17) is 23.2 Å². The first-order valence-corrected chi connectivity index (χ1v) is 7.19. The van der Waals surface area contributed by atoms with Gasteiger partial charge in [-0.05, 0) is 61.3 Å². The van der Waals surface area contributed by atoms with Gasteiger partial charge in [-0.3, -0.25) is 0 Å². The quantitative estimate of drug-likeness (QED) is 0.857. The Morgan fingerprint density at radius 1 is 1.10 bits per heavy atom. The van der Waals surface area contributed by atoms with Crippen LogP contribution in [0.15, 0.2) is 42.5 Å². The van der Waals surface area contributed by atoms with Crippen LogP contribution in [-0.2, 0) is 12.8 Å². The van der Waals surface area contributed by atoms with Crippen molar-refractivity contribution in [2.75, 3.05) is 7.05 Å². The summed E-state index contributed by atoms with van der Waals surface area (Å²) >= 11 is 12.1. The molecule has 0 spiro atoms. The van der Waals surface area contributed by atoms with Gasteiger partial charge in [0.2, 0.25) is 0 Å². The molecule has 1 N–H and O–H groups in total. The molecule has 106 valence electrons. The Bertz CT molecular complexity index is 586. The van der Waals surface area contributed by atoms with E-state index in [2.05, 4.69) is 5.32 Å². The van der Waals surface area contributed by atoms with Crippen molar-refractivity contribution in [3.05, 3.63) is 69.5 Å². The zero-order valence-electron chi connectivity index (χ0n) is 11.2. The van der Waals surface area contributed by atoms with Crippen LogP contribution < -0.4 is 5.32 Å². The van der Waals surface area contributed by atoms with E-state index >= 15 is 0 Å². The van der Waals surface area contributed by atoms with Crippen LogP contribution in [0.25, 0.3) is 0 Å². The van der Waals surface area contributed by atoms with Crippen LogP contribution in [0.1, 0.15) is 11.1 Å². The lowest BCUT2D eigenvalue weighted by molar-refractivity contribution is 0.553. The second-order valence-electron chi connectivity index (χ2n) is 4.76. The maximum absolute atomic E-state index is 13.3. The SMILES string of the molecule is CNC(Cc1cccc(Cl)c1)Cc1cc(F)ccc1Cl. The molecule has 1 unspecified atom stereocenters. The van der Waals surface area contributed by atoms with Gasteiger partial charge in [0.1, 0.15) is 5.82 Å². The minimum absolute atomic E-state index is 0.174. The molecular formula is C16H16Cl2FN. The molecule has 0 bridgehead atoms. The summed E-state index contributed by atoms with van der Waals surface area (Å²) in [4.78, 5) is 0. The van der Waals surface area contributed by atoms with Crippen LogP contribution >= 0.6 is 23.2 Å². The molecule has 0 amide bonds. The van der Waals surface area contributed by atoms with Gasteiger partial charge in [-0.1, -0.05) is 35.3 Å². The average molecular weight is 312 g/mol. The molecule has 4 heteroatoms. The van der Waals surface area contributed by atoms with Crippen molar-refractivity contribution in [1.29, 1.82) is 0 Å². The Kier molecular flexibility index (Phi) is 5.41. The van der Waals surface area contributed by atoms with Gasteiger partial charge in [-0.15, -0.1) is 0 Å². The van der Waals surface area contributed by atoms with Crippen molar-refractivity contribution in [1.82, 2.24) is 5.32 Å². The third kappa shape index (κ3) is 4.20. The second kappa shape index (κ2) is 7.07. The molecule has 20 heavy (non-hydrogen) atoms. The van der Waals surface area contributed by atoms with Crippen molar-refractivity contribution in [2.24, 2.45) is 0 Å². The summed E-state index contributed by atoms with van der Waals surface area (Å²) in [5, 5.41) is 4.56. The molecule has 1 nitrogen and oxygen atoms in total. The summed E-state index contributed by atoms with van der Waals surface area (Å²) < 4.78 is 13.3. The van der Waals surface area contributed by atoms with E-state index in [1.807, 2.05) is 31.3 Å². The average Bonchev–Trinajstić information content (AvgIpc) is 2.42. The van der Waals surface area contributed by atoms with Crippen molar-refractivity contribution in [2.45, 2.75) is 18.9 Å². The first-order valence-electron chi connectivity index (χ1n) is 6.44. The van der Waals surface area contributed by atoms with Crippen molar-refractivity contribution in [3.8, 4) is 0 Å². The zero-order valence-corrected chi connectivity index (χ0v) is 12.7. The molecule has 0 aliphatic rings. The third-order valence-corrected chi connectivity index (χ3v) is 3.86. The number of likely N-dealkylation sites (N-methyl/N-ethyl adjacent to an activating group) is 1. The largest absolute Gasteiger partial charge is 0.316 e. The third-order valence-electron chi connectivity index (χ3n) is 3.25. The second-order valence-corrected chi connectivity index (χ2v) is 5.60. The fourth-order valence-electron chi connectivity index (χ4n) is 2.19. The minimum atomic E-state index is -0.262. The van der Waals surface area contributed by atoms with Crippen LogP contribution in [0.3, 0.4) is 0 Å². The van der Waals surface area contributed by atoms with E-state index in [0.29, 0.717) is 11.4 Å². The van der Waals surface area contributed by atoms with Crippen molar-refractivity contribution >= 4 is 23.2 Å². The number of halogens is 3. The number of hydrogen-bond acceptors (Lipinski definition) is 1. The molecule has 0 aliphatic heterocycles. The molecule has 2 aromatic rings. The zero-order chi connectivity index (χ0) is 14.5. The summed E-state index contributed by atoms with van der Waals surface area (Å²) in [6, 6.07) is 12.4. The van der Waals surface area contributed by atoms with Gasteiger partial charge in [0.15, 0.2) is 0 Å². The van der Waals surface area contributed by atoms with E-state index in [9.17, 15) is 4.39 Å². The maximum Gasteiger partial charge on any atom is 0.123 e. The molecule has 0 radical (unpaired) electrons. The fraction of sp³-hybridized carbons (Fsp3) is 0.250. The van der Waals surface area contributed by atoms with Crippen molar-refractivity contribution < 1.29 is 4.39 Å². The molecule has 0 aromatic heterocycles. The Hall–Kier alpha value is -1.09. The van der Waals surface area contributed by atoms with E-state index in [0.717, 1.165) is 22.6 Å². The summed E-state index contributed by atoms with van der Waals surface area (Å²) in [5.41, 5.74) is 1.96. The molecule has 2 rings (SSSR count). The lowest BCUT2D eigenvalue weighted by atomic mass is 9.99. The summed E-state index contributed by atoms with van der Waals surface area (Å²) in [6.45, 7) is 0. The van der Waals surface area contributed by atoms with Crippen LogP contribution in [-0.4, -0.2) is 13.1 Å². The molecule has 0 saturated heterocycles. The fourth-order valence-corrected chi connectivity index (χ4v) is 2.60. The summed E-state index contributed by atoms with van der Waals surface area (Å²) in [7, 11) is 1.89. The van der Waals surface area contributed by atoms with Crippen LogP contribution in [0.5, 0.6) is 0 Å². The van der Waals surface area contributed by atoms with E-state index in [1.165, 1.54) is 12.1 Å². The Morgan fingerprint density at radius 2 is 1.90 bits per heavy atom. The van der Waals surface area contributed by atoms with Gasteiger partial charge < -0.3 is 5.32 Å². The van der Waals surface area contributed by atoms with E-state index in [1.54, 1.807) is 6.07 Å². The van der Waals surface area contributed by atoms with Gasteiger partial charge in [0.25, 0.3) is 0 Å². The lowest BCUT2D eigenvalue weighted by Crippen LogP contribution is -2.30. The Balaban J connectivity index is 2.11. The minimum Gasteiger partial charge on any atom is -0.316 e. The normalized spacial score (nSPS) is 12.4. The highest BCUT2D eigenvalue weighted by Crippen LogP contribution is 2.20. The lowest BCUT2D eigenvalue weighted by Gasteiger charge is -2.17. The summed E-state index contributed by atoms with van der Waals surface area (Å²) in [5.74, 6) is -0.262. The predicted octanol–water partition coefficient (Wildman–Crippen LogP) is 4.51. The van der Waals surface area contributed by atoms with Crippen LogP contribution in [0.4, 0.5) is 4.39 Å². The molecule has 0 aliphatic carbocycles. The van der Waals surface area contributed by atoms with Gasteiger partial charge in [-0.2, -0.15) is 0 Å². The topological polar surface area (TPSA) is 12.0 Å². The molecule has 0 heterocycles. The van der Waals surface area contributed by atoms with Gasteiger partial charge in [0, 0.05) is 16.1 Å². The summed E-state index contributed by atoms with van der Waals surface area (Å²) in [6.07, 6.45) is 1.48. The number of rotatable bonds is 5. The van der Waals surface area contributed by atoms with Crippen LogP contribution in [0, 0.1) is 5.82 Å². The first-order chi connectivity index (χ1) is 9.58. The Morgan fingerprint density at radius 3 is 2.60 bits per heavy atom. The van der Waals surface area contributed by atoms with Gasteiger partial charge in [0.05, 0.1) is 0 Å². The highest BCUT2D eigenvalue weighted by Gasteiger charge is 2.12. The number of hydrogen-bond donors (Lipinski definition) is 1. The molecule has 1 atom stereocenters. The molecule has 2 aromatic carbocycles. The van der Waals surface area contributed by atoms with E-state index < -0.39 is 0 Å². The highest BCUT2D eigenvalue weighted by molar-refractivity contribution is 6.31. The monoisotopic (exact) mass is 311 g/mol. The van der Waals surface area contributed by atoms with Gasteiger partial charge in [-0.25, -0.2) is 4.39 Å². The smallest absolute Gasteiger partial charge is 0.123 e. The number of benzene rings is 2. The highest BCUT2D eigenvalue weighted by atomic mass is 35.5. The standard InChI is InChI=1S/C16H16Cl2FN/c1-20-15(8-11-3-2-4-13(17)7-11)10-12-9-14(19)5-6-16(12)18/h2-7,9,15,20H,8,10H2,1H3. The maximum atomic E-state index is 13.3. The molecular weight excluding hydrogens is 296 g/mol. The van der Waals surface area contributed by atoms with Crippen LogP contribution in [0.2, 0.25) is 10.0 Å². The number of nitrogens with one attached hydrogen (secondary N) is 1. The predicted molar refractivity (Wildman–Crippen MR) is 83.1 cm³/mol. The first kappa shape index (κ1) is 15.3. The van der Waals surface area contributed by atoms with Crippen molar-refractivity contribution in [3.63, 3.8) is 0 Å². The molecule has 0 saturated carbocycles. The van der Waals surface area contributed by atoms with E-state index in [-0.39, 0.29) is 11.9 Å². The Labute approximate surface area is 128 Å². The molecule has 0 fully saturated rings. The van der Waals surface area contributed by atoms with Gasteiger partial charge >= 0.3 is 0 Å².